The van der Waals surface area contributed by atoms with E-state index in [9.17, 15) is 9.59 Å². The van der Waals surface area contributed by atoms with E-state index in [2.05, 4.69) is 11.1 Å². The molecule has 0 bridgehead atoms. The second kappa shape index (κ2) is 6.65. The van der Waals surface area contributed by atoms with Crippen LogP contribution in [0.1, 0.15) is 29.8 Å². The van der Waals surface area contributed by atoms with Crippen molar-refractivity contribution in [2.24, 2.45) is 0 Å². The summed E-state index contributed by atoms with van der Waals surface area (Å²) in [7, 11) is 1.70. The topological polar surface area (TPSA) is 65.6 Å². The molecular weight excluding hydrogens is 366 g/mol. The van der Waals surface area contributed by atoms with Gasteiger partial charge in [0.05, 0.1) is 13.2 Å². The Balaban J connectivity index is 1.77. The summed E-state index contributed by atoms with van der Waals surface area (Å²) >= 11 is 0. The van der Waals surface area contributed by atoms with E-state index < -0.39 is 6.04 Å². The van der Waals surface area contributed by atoms with Crippen molar-refractivity contribution in [3.05, 3.63) is 65.4 Å². The van der Waals surface area contributed by atoms with Crippen molar-refractivity contribution in [3.8, 4) is 5.75 Å². The number of piperazine rings is 1. The zero-order valence-electron chi connectivity index (χ0n) is 16.5. The number of para-hydroxylation sites is 2. The average Bonchev–Trinajstić information content (AvgIpc) is 3.10. The van der Waals surface area contributed by atoms with Crippen LogP contribution in [0.15, 0.2) is 48.5 Å². The van der Waals surface area contributed by atoms with Gasteiger partial charge >= 0.3 is 0 Å². The molecule has 2 aromatic carbocycles. The van der Waals surface area contributed by atoms with E-state index in [-0.39, 0.29) is 24.4 Å². The van der Waals surface area contributed by atoms with E-state index in [0.29, 0.717) is 13.0 Å². The van der Waals surface area contributed by atoms with Gasteiger partial charge in [-0.25, -0.2) is 0 Å². The fourth-order valence-electron chi connectivity index (χ4n) is 4.72. The SMILES string of the molecule is CCOc1ccccc1[C@H]1c2[nH]c3ccccc3c2C[C@H]2C(=O)N(C)CC(=O)N12. The summed E-state index contributed by atoms with van der Waals surface area (Å²) in [5, 5.41) is 1.11. The number of likely N-dealkylation sites (N-methyl/N-ethyl adjacent to an activating group) is 1. The van der Waals surface area contributed by atoms with E-state index in [0.717, 1.165) is 33.5 Å². The highest BCUT2D eigenvalue weighted by Crippen LogP contribution is 2.44. The van der Waals surface area contributed by atoms with Crippen LogP contribution in [0.25, 0.3) is 10.9 Å². The Bertz CT molecular complexity index is 1120. The summed E-state index contributed by atoms with van der Waals surface area (Å²) in [5.74, 6) is 0.682. The predicted octanol–water partition coefficient (Wildman–Crippen LogP) is 2.88. The Morgan fingerprint density at radius 2 is 1.86 bits per heavy atom. The third-order valence-corrected chi connectivity index (χ3v) is 5.97. The van der Waals surface area contributed by atoms with E-state index >= 15 is 0 Å². The van der Waals surface area contributed by atoms with Gasteiger partial charge in [0.25, 0.3) is 0 Å². The standard InChI is InChI=1S/C23H23N3O3/c1-3-29-19-11-7-5-9-15(19)22-21-16(14-8-4-6-10-17(14)24-21)12-18-23(28)25(2)13-20(27)26(18)22/h4-11,18,22,24H,3,12-13H2,1-2H3/t18-,22-/m0/s1. The smallest absolute Gasteiger partial charge is 0.245 e. The summed E-state index contributed by atoms with van der Waals surface area (Å²) in [6.07, 6.45) is 0.515. The van der Waals surface area contributed by atoms with Crippen molar-refractivity contribution in [2.75, 3.05) is 20.2 Å². The summed E-state index contributed by atoms with van der Waals surface area (Å²) in [6, 6.07) is 15.0. The van der Waals surface area contributed by atoms with Crippen LogP contribution in [0.5, 0.6) is 5.75 Å². The van der Waals surface area contributed by atoms with E-state index in [1.807, 2.05) is 49.4 Å². The van der Waals surface area contributed by atoms with Crippen LogP contribution in [-0.4, -0.2) is 52.8 Å². The Kier molecular flexibility index (Phi) is 4.08. The first-order valence-corrected chi connectivity index (χ1v) is 9.97. The third kappa shape index (κ3) is 2.63. The number of carbonyl (C=O) groups excluding carboxylic acids is 2. The number of ether oxygens (including phenoxy) is 1. The second-order valence-corrected chi connectivity index (χ2v) is 7.65. The molecule has 3 aromatic rings. The highest BCUT2D eigenvalue weighted by atomic mass is 16.5. The van der Waals surface area contributed by atoms with Gasteiger partial charge in [-0.1, -0.05) is 36.4 Å². The molecular formula is C23H23N3O3. The number of hydrogen-bond acceptors (Lipinski definition) is 3. The fourth-order valence-corrected chi connectivity index (χ4v) is 4.72. The molecule has 1 saturated heterocycles. The first-order valence-electron chi connectivity index (χ1n) is 9.97. The zero-order valence-corrected chi connectivity index (χ0v) is 16.5. The van der Waals surface area contributed by atoms with Gasteiger partial charge in [0, 0.05) is 35.6 Å². The highest BCUT2D eigenvalue weighted by molar-refractivity contribution is 5.97. The molecule has 0 saturated carbocycles. The molecule has 29 heavy (non-hydrogen) atoms. The van der Waals surface area contributed by atoms with Crippen LogP contribution in [0.2, 0.25) is 0 Å². The van der Waals surface area contributed by atoms with Gasteiger partial charge in [-0.05, 0) is 24.6 Å². The number of benzene rings is 2. The molecule has 1 fully saturated rings. The Labute approximate surface area is 169 Å². The zero-order chi connectivity index (χ0) is 20.1. The van der Waals surface area contributed by atoms with E-state index in [4.69, 9.17) is 4.74 Å². The molecule has 1 aromatic heterocycles. The van der Waals surface area contributed by atoms with Crippen LogP contribution < -0.4 is 4.74 Å². The minimum absolute atomic E-state index is 0.0144. The maximum absolute atomic E-state index is 13.1. The maximum atomic E-state index is 13.1. The van der Waals surface area contributed by atoms with Crippen LogP contribution in [0, 0.1) is 0 Å². The molecule has 148 valence electrons. The van der Waals surface area contributed by atoms with Gasteiger partial charge in [-0.3, -0.25) is 9.59 Å². The summed E-state index contributed by atoms with van der Waals surface area (Å²) in [4.78, 5) is 33.0. The molecule has 0 spiro atoms. The molecule has 6 nitrogen and oxygen atoms in total. The molecule has 6 heteroatoms. The maximum Gasteiger partial charge on any atom is 0.245 e. The molecule has 0 radical (unpaired) electrons. The van der Waals surface area contributed by atoms with Crippen LogP contribution >= 0.6 is 0 Å². The molecule has 2 atom stereocenters. The van der Waals surface area contributed by atoms with Crippen LogP contribution in [-0.2, 0) is 16.0 Å². The Morgan fingerprint density at radius 3 is 2.69 bits per heavy atom. The van der Waals surface area contributed by atoms with Crippen molar-refractivity contribution in [2.45, 2.75) is 25.4 Å². The predicted molar refractivity (Wildman–Crippen MR) is 110 cm³/mol. The molecule has 0 aliphatic carbocycles. The summed E-state index contributed by atoms with van der Waals surface area (Å²) < 4.78 is 5.90. The third-order valence-electron chi connectivity index (χ3n) is 5.97. The van der Waals surface area contributed by atoms with Crippen LogP contribution in [0.4, 0.5) is 0 Å². The van der Waals surface area contributed by atoms with Crippen molar-refractivity contribution in [1.82, 2.24) is 14.8 Å². The number of aromatic amines is 1. The number of fused-ring (bicyclic) bond motifs is 4. The highest BCUT2D eigenvalue weighted by Gasteiger charge is 2.48. The van der Waals surface area contributed by atoms with Crippen molar-refractivity contribution >= 4 is 22.7 Å². The fraction of sp³-hybridized carbons (Fsp3) is 0.304. The molecule has 2 amide bonds. The summed E-state index contributed by atoms with van der Waals surface area (Å²) in [5.41, 5.74) is 4.00. The number of H-pyrrole nitrogens is 1. The number of aromatic nitrogens is 1. The van der Waals surface area contributed by atoms with Gasteiger partial charge in [-0.15, -0.1) is 0 Å². The normalized spacial score (nSPS) is 21.3. The van der Waals surface area contributed by atoms with Gasteiger partial charge in [0.15, 0.2) is 0 Å². The van der Waals surface area contributed by atoms with Crippen LogP contribution in [0.3, 0.4) is 0 Å². The second-order valence-electron chi connectivity index (χ2n) is 7.65. The molecule has 2 aliphatic heterocycles. The molecule has 1 N–H and O–H groups in total. The first kappa shape index (κ1) is 17.8. The lowest BCUT2D eigenvalue weighted by Gasteiger charge is -2.46. The number of carbonyl (C=O) groups is 2. The largest absolute Gasteiger partial charge is 0.494 e. The van der Waals surface area contributed by atoms with Crippen molar-refractivity contribution in [1.29, 1.82) is 0 Å². The lowest BCUT2D eigenvalue weighted by atomic mass is 9.86. The van der Waals surface area contributed by atoms with Gasteiger partial charge < -0.3 is 19.5 Å². The minimum atomic E-state index is -0.507. The first-order chi connectivity index (χ1) is 14.1. The molecule has 0 unspecified atom stereocenters. The Hall–Kier alpha value is -3.28. The van der Waals surface area contributed by atoms with Gasteiger partial charge in [0.1, 0.15) is 17.8 Å². The molecule has 2 aliphatic rings. The van der Waals surface area contributed by atoms with E-state index in [1.165, 1.54) is 4.90 Å². The number of hydrogen-bond donors (Lipinski definition) is 1. The minimum Gasteiger partial charge on any atom is -0.494 e. The van der Waals surface area contributed by atoms with Gasteiger partial charge in [0.2, 0.25) is 11.8 Å². The molecule has 5 rings (SSSR count). The monoisotopic (exact) mass is 389 g/mol. The van der Waals surface area contributed by atoms with Gasteiger partial charge in [-0.2, -0.15) is 0 Å². The number of nitrogens with one attached hydrogen (secondary N) is 1. The summed E-state index contributed by atoms with van der Waals surface area (Å²) in [6.45, 7) is 2.57. The van der Waals surface area contributed by atoms with Crippen molar-refractivity contribution in [3.63, 3.8) is 0 Å². The quantitative estimate of drug-likeness (QED) is 0.749. The number of nitrogens with zero attached hydrogens (tertiary/aromatic N) is 2. The lowest BCUT2D eigenvalue weighted by molar-refractivity contribution is -0.157. The Morgan fingerprint density at radius 1 is 1.10 bits per heavy atom. The number of amides is 2. The van der Waals surface area contributed by atoms with E-state index in [1.54, 1.807) is 11.9 Å². The number of rotatable bonds is 3. The lowest BCUT2D eigenvalue weighted by Crippen LogP contribution is -2.62. The molecule has 3 heterocycles. The van der Waals surface area contributed by atoms with Crippen molar-refractivity contribution < 1.29 is 14.3 Å². The average molecular weight is 389 g/mol.